The minimum atomic E-state index is -0.183. The van der Waals surface area contributed by atoms with Crippen LogP contribution >= 0.6 is 11.3 Å². The molecule has 1 aliphatic heterocycles. The predicted octanol–water partition coefficient (Wildman–Crippen LogP) is 4.55. The van der Waals surface area contributed by atoms with E-state index in [4.69, 9.17) is 4.98 Å². The fourth-order valence-electron chi connectivity index (χ4n) is 4.38. The molecule has 0 spiro atoms. The van der Waals surface area contributed by atoms with Gasteiger partial charge in [0.2, 0.25) is 0 Å². The molecular weight excluding hydrogens is 408 g/mol. The number of piperidine rings is 1. The molecule has 2 aromatic heterocycles. The van der Waals surface area contributed by atoms with Gasteiger partial charge >= 0.3 is 0 Å². The number of carbonyl (C=O) groups excluding carboxylic acids is 1. The number of nitrogens with zero attached hydrogens (tertiary/aromatic N) is 3. The average molecular weight is 439 g/mol. The first-order valence-corrected chi connectivity index (χ1v) is 11.8. The van der Waals surface area contributed by atoms with E-state index in [9.17, 15) is 9.59 Å². The van der Waals surface area contributed by atoms with Crippen LogP contribution in [0.4, 0.5) is 5.69 Å². The number of amides is 1. The minimum Gasteiger partial charge on any atom is -0.321 e. The topological polar surface area (TPSA) is 67.2 Å². The number of rotatable bonds is 5. The van der Waals surface area contributed by atoms with Gasteiger partial charge < -0.3 is 10.2 Å². The fourth-order valence-corrected chi connectivity index (χ4v) is 5.46. The van der Waals surface area contributed by atoms with Crippen molar-refractivity contribution >= 4 is 33.1 Å². The number of hydrogen-bond donors (Lipinski definition) is 1. The zero-order valence-corrected chi connectivity index (χ0v) is 19.5. The van der Waals surface area contributed by atoms with E-state index >= 15 is 0 Å². The van der Waals surface area contributed by atoms with Gasteiger partial charge in [0.25, 0.3) is 11.5 Å². The average Bonchev–Trinajstić information content (AvgIpc) is 3.08. The zero-order valence-electron chi connectivity index (χ0n) is 18.7. The molecule has 0 unspecified atom stereocenters. The summed E-state index contributed by atoms with van der Waals surface area (Å²) < 4.78 is 1.93. The van der Waals surface area contributed by atoms with Gasteiger partial charge in [-0.05, 0) is 70.4 Å². The van der Waals surface area contributed by atoms with E-state index in [1.807, 2.05) is 42.7 Å². The van der Waals surface area contributed by atoms with E-state index in [2.05, 4.69) is 24.2 Å². The second kappa shape index (κ2) is 8.93. The lowest BCUT2D eigenvalue weighted by molar-refractivity contribution is 0.103. The Hall–Kier alpha value is -2.51. The number of para-hydroxylation sites is 1. The molecule has 3 aromatic rings. The summed E-state index contributed by atoms with van der Waals surface area (Å²) in [4.78, 5) is 35.1. The lowest BCUT2D eigenvalue weighted by Crippen LogP contribution is -2.37. The molecule has 1 saturated heterocycles. The van der Waals surface area contributed by atoms with Gasteiger partial charge in [0.05, 0.1) is 10.3 Å². The molecule has 1 aromatic carbocycles. The minimum absolute atomic E-state index is 0.00620. The van der Waals surface area contributed by atoms with Crippen molar-refractivity contribution in [1.29, 1.82) is 0 Å². The monoisotopic (exact) mass is 438 g/mol. The first-order valence-electron chi connectivity index (χ1n) is 11.0. The van der Waals surface area contributed by atoms with E-state index in [1.54, 1.807) is 0 Å². The number of likely N-dealkylation sites (tertiary alicyclic amines) is 1. The molecule has 3 heterocycles. The summed E-state index contributed by atoms with van der Waals surface area (Å²) in [7, 11) is 2.12. The molecule has 31 heavy (non-hydrogen) atoms. The maximum Gasteiger partial charge on any atom is 0.266 e. The highest BCUT2D eigenvalue weighted by atomic mass is 32.1. The van der Waals surface area contributed by atoms with Crippen LogP contribution in [0, 0.1) is 13.8 Å². The SMILES string of the molecule is CCCc1nc2sc(C(=O)Nc3ccccc3C)c(C)c2c(=O)n1C1CCN(C)CC1. The van der Waals surface area contributed by atoms with E-state index in [-0.39, 0.29) is 17.5 Å². The number of benzene rings is 1. The van der Waals surface area contributed by atoms with Crippen molar-refractivity contribution in [2.75, 3.05) is 25.5 Å². The largest absolute Gasteiger partial charge is 0.321 e. The van der Waals surface area contributed by atoms with Crippen molar-refractivity contribution in [3.8, 4) is 0 Å². The quantitative estimate of drug-likeness (QED) is 0.635. The number of thiophene rings is 1. The predicted molar refractivity (Wildman–Crippen MR) is 128 cm³/mol. The standard InChI is InChI=1S/C24H30N4O2S/c1-5-8-19-26-23-20(24(30)28(19)17-11-13-27(4)14-12-17)16(3)21(31-23)22(29)25-18-10-7-6-9-15(18)2/h6-7,9-10,17H,5,8,11-14H2,1-4H3,(H,25,29). The summed E-state index contributed by atoms with van der Waals surface area (Å²) in [5.74, 6) is 0.666. The van der Waals surface area contributed by atoms with Crippen molar-refractivity contribution in [2.24, 2.45) is 0 Å². The number of aromatic nitrogens is 2. The number of aryl methyl sites for hydroxylation is 3. The van der Waals surface area contributed by atoms with Crippen molar-refractivity contribution < 1.29 is 4.79 Å². The molecule has 1 fully saturated rings. The molecule has 1 aliphatic rings. The smallest absolute Gasteiger partial charge is 0.266 e. The highest BCUT2D eigenvalue weighted by Crippen LogP contribution is 2.31. The van der Waals surface area contributed by atoms with Crippen molar-refractivity contribution in [2.45, 2.75) is 52.5 Å². The lowest BCUT2D eigenvalue weighted by Gasteiger charge is -2.31. The molecule has 1 N–H and O–H groups in total. The maximum atomic E-state index is 13.7. The van der Waals surface area contributed by atoms with E-state index in [0.717, 1.165) is 61.4 Å². The van der Waals surface area contributed by atoms with Crippen LogP contribution in [0.5, 0.6) is 0 Å². The number of fused-ring (bicyclic) bond motifs is 1. The second-order valence-corrected chi connectivity index (χ2v) is 9.49. The third-order valence-corrected chi connectivity index (χ3v) is 7.38. The Bertz CT molecular complexity index is 1170. The van der Waals surface area contributed by atoms with Crippen molar-refractivity contribution in [3.63, 3.8) is 0 Å². The fraction of sp³-hybridized carbons (Fsp3) is 0.458. The lowest BCUT2D eigenvalue weighted by atomic mass is 10.0. The van der Waals surface area contributed by atoms with Crippen LogP contribution in [0.2, 0.25) is 0 Å². The Morgan fingerprint density at radius 3 is 2.61 bits per heavy atom. The first kappa shape index (κ1) is 21.7. The van der Waals surface area contributed by atoms with Crippen LogP contribution in [0.15, 0.2) is 29.1 Å². The zero-order chi connectivity index (χ0) is 22.1. The Morgan fingerprint density at radius 1 is 1.23 bits per heavy atom. The van der Waals surface area contributed by atoms with E-state index < -0.39 is 0 Å². The normalized spacial score (nSPS) is 15.5. The first-order chi connectivity index (χ1) is 14.9. The molecule has 7 heteroatoms. The number of hydrogen-bond acceptors (Lipinski definition) is 5. The van der Waals surface area contributed by atoms with Crippen LogP contribution < -0.4 is 10.9 Å². The molecule has 0 saturated carbocycles. The summed E-state index contributed by atoms with van der Waals surface area (Å²) in [5, 5.41) is 3.60. The summed E-state index contributed by atoms with van der Waals surface area (Å²) in [6.07, 6.45) is 3.59. The van der Waals surface area contributed by atoms with Crippen LogP contribution in [-0.4, -0.2) is 40.5 Å². The molecule has 0 aliphatic carbocycles. The molecule has 6 nitrogen and oxygen atoms in total. The third-order valence-electron chi connectivity index (χ3n) is 6.20. The summed E-state index contributed by atoms with van der Waals surface area (Å²) in [5.41, 5.74) is 2.52. The van der Waals surface area contributed by atoms with Gasteiger partial charge in [0.1, 0.15) is 10.7 Å². The van der Waals surface area contributed by atoms with Crippen LogP contribution in [0.1, 0.15) is 58.9 Å². The van der Waals surface area contributed by atoms with Crippen LogP contribution in [-0.2, 0) is 6.42 Å². The second-order valence-electron chi connectivity index (χ2n) is 8.49. The van der Waals surface area contributed by atoms with Gasteiger partial charge in [-0.3, -0.25) is 14.2 Å². The highest BCUT2D eigenvalue weighted by Gasteiger charge is 2.26. The van der Waals surface area contributed by atoms with Gasteiger partial charge in [-0.1, -0.05) is 25.1 Å². The number of nitrogens with one attached hydrogen (secondary N) is 1. The molecule has 0 atom stereocenters. The van der Waals surface area contributed by atoms with Gasteiger partial charge in [-0.25, -0.2) is 4.98 Å². The third kappa shape index (κ3) is 4.16. The van der Waals surface area contributed by atoms with Gasteiger partial charge in [-0.2, -0.15) is 0 Å². The highest BCUT2D eigenvalue weighted by molar-refractivity contribution is 7.20. The number of carbonyl (C=O) groups is 1. The molecule has 4 rings (SSSR count). The Balaban J connectivity index is 1.78. The maximum absolute atomic E-state index is 13.7. The summed E-state index contributed by atoms with van der Waals surface area (Å²) in [6, 6.07) is 7.87. The Labute approximate surface area is 186 Å². The molecule has 0 bridgehead atoms. The van der Waals surface area contributed by atoms with Gasteiger partial charge in [-0.15, -0.1) is 11.3 Å². The summed E-state index contributed by atoms with van der Waals surface area (Å²) in [6.45, 7) is 7.90. The van der Waals surface area contributed by atoms with Crippen molar-refractivity contribution in [1.82, 2.24) is 14.5 Å². The van der Waals surface area contributed by atoms with E-state index in [0.29, 0.717) is 15.1 Å². The van der Waals surface area contributed by atoms with Crippen LogP contribution in [0.25, 0.3) is 10.2 Å². The van der Waals surface area contributed by atoms with Gasteiger partial charge in [0.15, 0.2) is 0 Å². The Kier molecular flexibility index (Phi) is 6.25. The molecule has 0 radical (unpaired) electrons. The van der Waals surface area contributed by atoms with Gasteiger partial charge in [0, 0.05) is 18.2 Å². The van der Waals surface area contributed by atoms with E-state index in [1.165, 1.54) is 11.3 Å². The molecule has 164 valence electrons. The number of anilines is 1. The summed E-state index contributed by atoms with van der Waals surface area (Å²) >= 11 is 1.32. The van der Waals surface area contributed by atoms with Crippen LogP contribution in [0.3, 0.4) is 0 Å². The molecule has 1 amide bonds. The Morgan fingerprint density at radius 2 is 1.94 bits per heavy atom. The van der Waals surface area contributed by atoms with Crippen molar-refractivity contribution in [3.05, 3.63) is 56.4 Å². The molecular formula is C24H30N4O2S.